The zero-order valence-electron chi connectivity index (χ0n) is 11.9. The number of esters is 1. The van der Waals surface area contributed by atoms with Gasteiger partial charge in [0.2, 0.25) is 0 Å². The Hall–Kier alpha value is -1.79. The van der Waals surface area contributed by atoms with E-state index in [0.717, 1.165) is 0 Å². The molecule has 1 N–H and O–H groups in total. The molecule has 1 atom stereocenters. The van der Waals surface area contributed by atoms with Crippen molar-refractivity contribution >= 4 is 18.0 Å². The first kappa shape index (κ1) is 17.2. The summed E-state index contributed by atoms with van der Waals surface area (Å²) in [6.45, 7) is 3.50. The van der Waals surface area contributed by atoms with Gasteiger partial charge in [0.25, 0.3) is 0 Å². The van der Waals surface area contributed by atoms with Gasteiger partial charge >= 0.3 is 18.0 Å². The minimum Gasteiger partial charge on any atom is -0.480 e. The van der Waals surface area contributed by atoms with Gasteiger partial charge in [-0.2, -0.15) is 0 Å². The van der Waals surface area contributed by atoms with Gasteiger partial charge in [-0.3, -0.25) is 9.59 Å². The Balaban J connectivity index is 4.60. The van der Waals surface area contributed by atoms with E-state index in [4.69, 9.17) is 5.11 Å². The maximum absolute atomic E-state index is 12.1. The molecule has 0 aliphatic heterocycles. The first-order valence-electron chi connectivity index (χ1n) is 6.13. The first-order valence-corrected chi connectivity index (χ1v) is 6.13. The van der Waals surface area contributed by atoms with Gasteiger partial charge in [0, 0.05) is 19.6 Å². The quantitative estimate of drug-likeness (QED) is 0.693. The predicted octanol–water partition coefficient (Wildman–Crippen LogP) is 0.786. The van der Waals surface area contributed by atoms with Gasteiger partial charge in [-0.25, -0.2) is 4.79 Å². The van der Waals surface area contributed by atoms with Crippen LogP contribution in [0.2, 0.25) is 0 Å². The summed E-state index contributed by atoms with van der Waals surface area (Å²) in [6.07, 6.45) is 0.740. The standard InChI is InChI=1S/C12H22N2O5/c1-5-9(2)14(8-10(15)16)12(18)13(3)7-6-11(17)19-4/h9H,5-8H2,1-4H3,(H,15,16). The fourth-order valence-electron chi connectivity index (χ4n) is 1.45. The van der Waals surface area contributed by atoms with Crippen LogP contribution in [-0.2, 0) is 14.3 Å². The van der Waals surface area contributed by atoms with Crippen LogP contribution in [0.1, 0.15) is 26.7 Å². The Bertz CT molecular complexity index is 332. The molecule has 110 valence electrons. The molecule has 0 aliphatic carbocycles. The molecular weight excluding hydrogens is 252 g/mol. The first-order chi connectivity index (χ1) is 8.83. The number of carboxylic acids is 1. The summed E-state index contributed by atoms with van der Waals surface area (Å²) in [7, 11) is 2.81. The summed E-state index contributed by atoms with van der Waals surface area (Å²) in [5, 5.41) is 8.83. The molecule has 0 fully saturated rings. The van der Waals surface area contributed by atoms with Crippen LogP contribution in [-0.4, -0.2) is 66.2 Å². The maximum Gasteiger partial charge on any atom is 0.323 e. The molecule has 7 heteroatoms. The van der Waals surface area contributed by atoms with Crippen LogP contribution in [0, 0.1) is 0 Å². The molecule has 0 radical (unpaired) electrons. The fraction of sp³-hybridized carbons (Fsp3) is 0.750. The molecule has 7 nitrogen and oxygen atoms in total. The van der Waals surface area contributed by atoms with E-state index in [9.17, 15) is 14.4 Å². The van der Waals surface area contributed by atoms with E-state index in [1.165, 1.54) is 24.0 Å². The van der Waals surface area contributed by atoms with Crippen molar-refractivity contribution in [2.24, 2.45) is 0 Å². The number of methoxy groups -OCH3 is 1. The van der Waals surface area contributed by atoms with Gasteiger partial charge < -0.3 is 19.6 Å². The predicted molar refractivity (Wildman–Crippen MR) is 68.8 cm³/mol. The second-order valence-corrected chi connectivity index (χ2v) is 4.31. The van der Waals surface area contributed by atoms with Gasteiger partial charge in [0.1, 0.15) is 6.54 Å². The molecule has 0 aliphatic rings. The average molecular weight is 274 g/mol. The number of carbonyl (C=O) groups excluding carboxylic acids is 2. The number of aliphatic carboxylic acids is 1. The average Bonchev–Trinajstić information content (AvgIpc) is 2.39. The van der Waals surface area contributed by atoms with Crippen LogP contribution in [0.15, 0.2) is 0 Å². The van der Waals surface area contributed by atoms with E-state index in [2.05, 4.69) is 4.74 Å². The highest BCUT2D eigenvalue weighted by Gasteiger charge is 2.24. The summed E-state index contributed by atoms with van der Waals surface area (Å²) in [5.74, 6) is -1.47. The third-order valence-corrected chi connectivity index (χ3v) is 2.88. The summed E-state index contributed by atoms with van der Waals surface area (Å²) in [6, 6.07) is -0.579. The number of carbonyl (C=O) groups is 3. The highest BCUT2D eigenvalue weighted by atomic mass is 16.5. The molecule has 0 heterocycles. The number of carboxylic acid groups (broad SMARTS) is 1. The smallest absolute Gasteiger partial charge is 0.323 e. The van der Waals surface area contributed by atoms with Crippen molar-refractivity contribution in [3.63, 3.8) is 0 Å². The van der Waals surface area contributed by atoms with Crippen LogP contribution < -0.4 is 0 Å². The van der Waals surface area contributed by atoms with Crippen molar-refractivity contribution in [1.29, 1.82) is 0 Å². The topological polar surface area (TPSA) is 87.2 Å². The molecule has 0 aromatic carbocycles. The van der Waals surface area contributed by atoms with E-state index in [1.807, 2.05) is 6.92 Å². The van der Waals surface area contributed by atoms with Crippen LogP contribution in [0.25, 0.3) is 0 Å². The van der Waals surface area contributed by atoms with Gasteiger partial charge in [-0.1, -0.05) is 6.92 Å². The molecule has 0 rings (SSSR count). The molecule has 1 unspecified atom stereocenters. The summed E-state index contributed by atoms with van der Waals surface area (Å²) in [4.78, 5) is 36.5. The lowest BCUT2D eigenvalue weighted by molar-refractivity contribution is -0.141. The third-order valence-electron chi connectivity index (χ3n) is 2.88. The van der Waals surface area contributed by atoms with Crippen LogP contribution in [0.4, 0.5) is 4.79 Å². The second kappa shape index (κ2) is 8.34. The fourth-order valence-corrected chi connectivity index (χ4v) is 1.45. The molecule has 0 saturated heterocycles. The largest absolute Gasteiger partial charge is 0.480 e. The van der Waals surface area contributed by atoms with E-state index in [1.54, 1.807) is 6.92 Å². The highest BCUT2D eigenvalue weighted by Crippen LogP contribution is 2.07. The molecular formula is C12H22N2O5. The number of nitrogens with zero attached hydrogens (tertiary/aromatic N) is 2. The SMILES string of the molecule is CCC(C)N(CC(=O)O)C(=O)N(C)CCC(=O)OC. The lowest BCUT2D eigenvalue weighted by Crippen LogP contribution is -2.48. The Kier molecular flexibility index (Phi) is 7.55. The third kappa shape index (κ3) is 6.08. The van der Waals surface area contributed by atoms with E-state index in [0.29, 0.717) is 6.42 Å². The molecule has 0 aromatic rings. The number of amides is 2. The minimum atomic E-state index is -1.06. The number of ether oxygens (including phenoxy) is 1. The highest BCUT2D eigenvalue weighted by molar-refractivity contribution is 5.80. The molecule has 0 aromatic heterocycles. The van der Waals surface area contributed by atoms with Gasteiger partial charge in [-0.05, 0) is 13.3 Å². The molecule has 0 spiro atoms. The lowest BCUT2D eigenvalue weighted by atomic mass is 10.2. The summed E-state index contributed by atoms with van der Waals surface area (Å²) >= 11 is 0. The van der Waals surface area contributed by atoms with Gasteiger partial charge in [0.15, 0.2) is 0 Å². The van der Waals surface area contributed by atoms with Crippen molar-refractivity contribution in [1.82, 2.24) is 9.80 Å². The van der Waals surface area contributed by atoms with Crippen LogP contribution in [0.3, 0.4) is 0 Å². The van der Waals surface area contributed by atoms with Crippen molar-refractivity contribution in [3.8, 4) is 0 Å². The molecule has 2 amide bonds. The zero-order chi connectivity index (χ0) is 15.0. The lowest BCUT2D eigenvalue weighted by Gasteiger charge is -2.31. The Morgan fingerprint density at radius 1 is 1.32 bits per heavy atom. The number of hydrogen-bond donors (Lipinski definition) is 1. The van der Waals surface area contributed by atoms with Crippen LogP contribution >= 0.6 is 0 Å². The van der Waals surface area contributed by atoms with E-state index >= 15 is 0 Å². The number of urea groups is 1. The Morgan fingerprint density at radius 2 is 1.89 bits per heavy atom. The molecule has 0 saturated carbocycles. The molecule has 19 heavy (non-hydrogen) atoms. The van der Waals surface area contributed by atoms with Gasteiger partial charge in [-0.15, -0.1) is 0 Å². The molecule has 0 bridgehead atoms. The van der Waals surface area contributed by atoms with Crippen LogP contribution in [0.5, 0.6) is 0 Å². The normalized spacial score (nSPS) is 11.6. The number of rotatable bonds is 7. The van der Waals surface area contributed by atoms with Crippen molar-refractivity contribution in [3.05, 3.63) is 0 Å². The van der Waals surface area contributed by atoms with E-state index in [-0.39, 0.29) is 25.6 Å². The maximum atomic E-state index is 12.1. The van der Waals surface area contributed by atoms with Crippen molar-refractivity contribution < 1.29 is 24.2 Å². The minimum absolute atomic E-state index is 0.0835. The van der Waals surface area contributed by atoms with Gasteiger partial charge in [0.05, 0.1) is 13.5 Å². The Labute approximate surface area is 113 Å². The zero-order valence-corrected chi connectivity index (χ0v) is 11.9. The van der Waals surface area contributed by atoms with Crippen molar-refractivity contribution in [2.75, 3.05) is 27.2 Å². The van der Waals surface area contributed by atoms with E-state index < -0.39 is 18.0 Å². The van der Waals surface area contributed by atoms with Crippen molar-refractivity contribution in [2.45, 2.75) is 32.7 Å². The second-order valence-electron chi connectivity index (χ2n) is 4.31. The monoisotopic (exact) mass is 274 g/mol. The number of hydrogen-bond acceptors (Lipinski definition) is 4. The summed E-state index contributed by atoms with van der Waals surface area (Å²) in [5.41, 5.74) is 0. The summed E-state index contributed by atoms with van der Waals surface area (Å²) < 4.78 is 4.49. The Morgan fingerprint density at radius 3 is 2.32 bits per heavy atom.